The fraction of sp³-hybridized carbons (Fsp3) is 0.111. The normalized spacial score (nSPS) is 12.1. The summed E-state index contributed by atoms with van der Waals surface area (Å²) >= 11 is 0. The average Bonchev–Trinajstić information content (AvgIpc) is 2.64. The van der Waals surface area contributed by atoms with Gasteiger partial charge in [0.05, 0.1) is 5.52 Å². The predicted molar refractivity (Wildman–Crippen MR) is 52.3 cm³/mol. The van der Waals surface area contributed by atoms with Gasteiger partial charge in [0, 0.05) is 18.8 Å². The van der Waals surface area contributed by atoms with Crippen LogP contribution in [0, 0.1) is 0 Å². The fourth-order valence-electron chi connectivity index (χ4n) is 1.32. The SMILES string of the molecule is N/C(Cc1ccn2nccc2c1)=N\O. The molecule has 0 amide bonds. The highest BCUT2D eigenvalue weighted by Crippen LogP contribution is 2.06. The second kappa shape index (κ2) is 3.37. The van der Waals surface area contributed by atoms with Crippen LogP contribution in [0.1, 0.15) is 5.56 Å². The van der Waals surface area contributed by atoms with E-state index in [1.54, 1.807) is 10.7 Å². The van der Waals surface area contributed by atoms with E-state index < -0.39 is 0 Å². The third-order valence-corrected chi connectivity index (χ3v) is 1.98. The number of oxime groups is 1. The maximum absolute atomic E-state index is 8.41. The summed E-state index contributed by atoms with van der Waals surface area (Å²) in [5.41, 5.74) is 7.39. The van der Waals surface area contributed by atoms with Crippen LogP contribution in [0.2, 0.25) is 0 Å². The molecule has 2 rings (SSSR count). The zero-order valence-corrected chi connectivity index (χ0v) is 7.46. The summed E-state index contributed by atoms with van der Waals surface area (Å²) in [7, 11) is 0. The minimum Gasteiger partial charge on any atom is -0.409 e. The molecule has 72 valence electrons. The molecule has 5 nitrogen and oxygen atoms in total. The molecule has 5 heteroatoms. The van der Waals surface area contributed by atoms with Crippen molar-refractivity contribution in [3.05, 3.63) is 36.2 Å². The molecule has 0 fully saturated rings. The van der Waals surface area contributed by atoms with Gasteiger partial charge in [-0.25, -0.2) is 4.52 Å². The van der Waals surface area contributed by atoms with Crippen LogP contribution in [-0.2, 0) is 6.42 Å². The molecule has 0 aromatic carbocycles. The second-order valence-corrected chi connectivity index (χ2v) is 3.00. The van der Waals surface area contributed by atoms with Crippen LogP contribution in [0.5, 0.6) is 0 Å². The highest BCUT2D eigenvalue weighted by molar-refractivity contribution is 5.82. The highest BCUT2D eigenvalue weighted by Gasteiger charge is 1.99. The number of aromatic nitrogens is 2. The number of hydrogen-bond acceptors (Lipinski definition) is 3. The second-order valence-electron chi connectivity index (χ2n) is 3.00. The van der Waals surface area contributed by atoms with Crippen molar-refractivity contribution >= 4 is 11.4 Å². The van der Waals surface area contributed by atoms with E-state index in [2.05, 4.69) is 10.3 Å². The van der Waals surface area contributed by atoms with Gasteiger partial charge in [-0.15, -0.1) is 0 Å². The van der Waals surface area contributed by atoms with Gasteiger partial charge in [0.1, 0.15) is 5.84 Å². The zero-order valence-electron chi connectivity index (χ0n) is 7.46. The van der Waals surface area contributed by atoms with Crippen molar-refractivity contribution in [1.82, 2.24) is 9.61 Å². The number of amidine groups is 1. The van der Waals surface area contributed by atoms with Crippen LogP contribution in [0.15, 0.2) is 35.7 Å². The van der Waals surface area contributed by atoms with Gasteiger partial charge in [0.2, 0.25) is 0 Å². The van der Waals surface area contributed by atoms with Crippen molar-refractivity contribution in [1.29, 1.82) is 0 Å². The predicted octanol–water partition coefficient (Wildman–Crippen LogP) is 0.623. The molecule has 0 aliphatic carbocycles. The van der Waals surface area contributed by atoms with E-state index in [4.69, 9.17) is 10.9 Å². The summed E-state index contributed by atoms with van der Waals surface area (Å²) in [5, 5.41) is 15.4. The Kier molecular flexibility index (Phi) is 2.06. The molecule has 2 aromatic heterocycles. The number of nitrogens with zero attached hydrogens (tertiary/aromatic N) is 3. The van der Waals surface area contributed by atoms with Crippen molar-refractivity contribution in [3.63, 3.8) is 0 Å². The molecule has 0 saturated carbocycles. The maximum atomic E-state index is 8.41. The monoisotopic (exact) mass is 190 g/mol. The lowest BCUT2D eigenvalue weighted by Crippen LogP contribution is -2.14. The molecular weight excluding hydrogens is 180 g/mol. The molecule has 0 bridgehead atoms. The van der Waals surface area contributed by atoms with Crippen molar-refractivity contribution in [2.75, 3.05) is 0 Å². The van der Waals surface area contributed by atoms with Gasteiger partial charge >= 0.3 is 0 Å². The molecule has 14 heavy (non-hydrogen) atoms. The average molecular weight is 190 g/mol. The Morgan fingerprint density at radius 3 is 3.21 bits per heavy atom. The Morgan fingerprint density at radius 1 is 1.57 bits per heavy atom. The molecule has 0 atom stereocenters. The number of pyridine rings is 1. The molecular formula is C9H10N4O. The Morgan fingerprint density at radius 2 is 2.43 bits per heavy atom. The Balaban J connectivity index is 2.34. The maximum Gasteiger partial charge on any atom is 0.143 e. The quantitative estimate of drug-likeness (QED) is 0.315. The molecule has 0 radical (unpaired) electrons. The van der Waals surface area contributed by atoms with Gasteiger partial charge in [-0.3, -0.25) is 0 Å². The Hall–Kier alpha value is -2.04. The number of fused-ring (bicyclic) bond motifs is 1. The summed E-state index contributed by atoms with van der Waals surface area (Å²) in [4.78, 5) is 0. The van der Waals surface area contributed by atoms with E-state index in [-0.39, 0.29) is 5.84 Å². The first-order valence-corrected chi connectivity index (χ1v) is 4.18. The summed E-state index contributed by atoms with van der Waals surface area (Å²) in [6.45, 7) is 0. The first-order valence-electron chi connectivity index (χ1n) is 4.18. The standard InChI is InChI=1S/C9H10N4O/c10-9(12-14)6-7-2-4-13-8(5-7)1-3-11-13/h1-5,14H,6H2,(H2,10,12). The lowest BCUT2D eigenvalue weighted by molar-refractivity contribution is 0.317. The molecule has 2 heterocycles. The van der Waals surface area contributed by atoms with E-state index in [0.29, 0.717) is 6.42 Å². The van der Waals surface area contributed by atoms with E-state index >= 15 is 0 Å². The summed E-state index contributed by atoms with van der Waals surface area (Å²) in [5.74, 6) is 0.203. The van der Waals surface area contributed by atoms with Crippen LogP contribution in [-0.4, -0.2) is 20.7 Å². The third-order valence-electron chi connectivity index (χ3n) is 1.98. The van der Waals surface area contributed by atoms with Crippen LogP contribution < -0.4 is 5.73 Å². The molecule has 0 saturated heterocycles. The van der Waals surface area contributed by atoms with Crippen molar-refractivity contribution in [3.8, 4) is 0 Å². The molecule has 3 N–H and O–H groups in total. The first-order chi connectivity index (χ1) is 6.79. The van der Waals surface area contributed by atoms with E-state index in [1.807, 2.05) is 24.4 Å². The number of nitrogens with two attached hydrogens (primary N) is 1. The van der Waals surface area contributed by atoms with Gasteiger partial charge in [0.15, 0.2) is 0 Å². The number of hydrogen-bond donors (Lipinski definition) is 2. The van der Waals surface area contributed by atoms with Crippen LogP contribution in [0.25, 0.3) is 5.52 Å². The minimum absolute atomic E-state index is 0.203. The van der Waals surface area contributed by atoms with Crippen LogP contribution >= 0.6 is 0 Å². The van der Waals surface area contributed by atoms with E-state index in [9.17, 15) is 0 Å². The molecule has 0 unspecified atom stereocenters. The lowest BCUT2D eigenvalue weighted by Gasteiger charge is -2.00. The van der Waals surface area contributed by atoms with Gasteiger partial charge < -0.3 is 10.9 Å². The Bertz CT molecular complexity index is 474. The van der Waals surface area contributed by atoms with E-state index in [1.165, 1.54) is 0 Å². The smallest absolute Gasteiger partial charge is 0.143 e. The summed E-state index contributed by atoms with van der Waals surface area (Å²) in [6, 6.07) is 5.73. The lowest BCUT2D eigenvalue weighted by atomic mass is 10.2. The van der Waals surface area contributed by atoms with Gasteiger partial charge in [-0.1, -0.05) is 5.16 Å². The van der Waals surface area contributed by atoms with Crippen molar-refractivity contribution in [2.24, 2.45) is 10.9 Å². The summed E-state index contributed by atoms with van der Waals surface area (Å²) < 4.78 is 1.76. The molecule has 0 aliphatic heterocycles. The van der Waals surface area contributed by atoms with Crippen LogP contribution in [0.3, 0.4) is 0 Å². The topological polar surface area (TPSA) is 75.9 Å². The highest BCUT2D eigenvalue weighted by atomic mass is 16.4. The summed E-state index contributed by atoms with van der Waals surface area (Å²) in [6.07, 6.45) is 4.01. The van der Waals surface area contributed by atoms with Crippen molar-refractivity contribution < 1.29 is 5.21 Å². The Labute approximate surface area is 80.5 Å². The third kappa shape index (κ3) is 1.52. The largest absolute Gasteiger partial charge is 0.409 e. The van der Waals surface area contributed by atoms with Gasteiger partial charge in [-0.05, 0) is 23.8 Å². The van der Waals surface area contributed by atoms with Gasteiger partial charge in [0.25, 0.3) is 0 Å². The van der Waals surface area contributed by atoms with E-state index in [0.717, 1.165) is 11.1 Å². The minimum atomic E-state index is 0.203. The number of rotatable bonds is 2. The molecule has 0 aliphatic rings. The zero-order chi connectivity index (χ0) is 9.97. The first kappa shape index (κ1) is 8.55. The molecule has 0 spiro atoms. The van der Waals surface area contributed by atoms with Gasteiger partial charge in [-0.2, -0.15) is 5.10 Å². The fourth-order valence-corrected chi connectivity index (χ4v) is 1.32. The van der Waals surface area contributed by atoms with Crippen molar-refractivity contribution in [2.45, 2.75) is 6.42 Å². The van der Waals surface area contributed by atoms with Crippen LogP contribution in [0.4, 0.5) is 0 Å². The molecule has 2 aromatic rings.